The topological polar surface area (TPSA) is 0 Å². The van der Waals surface area contributed by atoms with Crippen molar-refractivity contribution >= 4 is 60.6 Å². The molecule has 0 saturated carbocycles. The maximum Gasteiger partial charge on any atom is 0.266 e. The maximum atomic E-state index is 4.83. The van der Waals surface area contributed by atoms with Gasteiger partial charge in [-0.25, -0.2) is 0 Å². The summed E-state index contributed by atoms with van der Waals surface area (Å²) in [4.78, 5) is 0. The summed E-state index contributed by atoms with van der Waals surface area (Å²) in [5.41, 5.74) is 0. The second-order valence-electron chi connectivity index (χ2n) is 4.72. The summed E-state index contributed by atoms with van der Waals surface area (Å²) in [7, 11) is 0. The molecule has 0 aliphatic carbocycles. The van der Waals surface area contributed by atoms with Gasteiger partial charge in [0.05, 0.1) is 0 Å². The van der Waals surface area contributed by atoms with Crippen molar-refractivity contribution in [3.63, 3.8) is 0 Å². The molecule has 0 heterocycles. The van der Waals surface area contributed by atoms with E-state index < -0.39 is 3.25 Å². The molecule has 0 saturated heterocycles. The molecular formula is C13H27AlCl4. The van der Waals surface area contributed by atoms with E-state index >= 15 is 0 Å². The molecule has 0 aromatic rings. The van der Waals surface area contributed by atoms with Crippen molar-refractivity contribution in [3.8, 4) is 0 Å². The number of hydrogen-bond donors (Lipinski definition) is 0. The Balaban J connectivity index is 0. The molecule has 0 aliphatic rings. The van der Waals surface area contributed by atoms with Crippen molar-refractivity contribution in [1.29, 1.82) is 0 Å². The smallest absolute Gasteiger partial charge is 0.0939 e. The van der Waals surface area contributed by atoms with E-state index in [-0.39, 0.29) is 14.1 Å². The van der Waals surface area contributed by atoms with Crippen LogP contribution in [0.25, 0.3) is 0 Å². The summed E-state index contributed by atoms with van der Waals surface area (Å²) >= 11 is 19.0. The van der Waals surface area contributed by atoms with Crippen LogP contribution in [0.1, 0.15) is 59.3 Å². The SMILES string of the molecule is CCC[CH2][Al]([CH2]CCC)[CH2]CCC.ClC(Cl)(Cl)Cl. The number of unbranched alkanes of at least 4 members (excludes halogenated alkanes) is 3. The molecule has 110 valence electrons. The van der Waals surface area contributed by atoms with Crippen molar-refractivity contribution in [2.24, 2.45) is 0 Å². The molecular weight excluding hydrogens is 325 g/mol. The first-order chi connectivity index (χ1) is 8.35. The van der Waals surface area contributed by atoms with Crippen molar-refractivity contribution in [2.45, 2.75) is 78.4 Å². The van der Waals surface area contributed by atoms with E-state index in [1.54, 1.807) is 15.8 Å². The first kappa shape index (κ1) is 22.0. The van der Waals surface area contributed by atoms with Gasteiger partial charge in [0.25, 0.3) is 17.4 Å². The van der Waals surface area contributed by atoms with Gasteiger partial charge in [0.1, 0.15) is 0 Å². The molecule has 0 fully saturated rings. The Morgan fingerprint density at radius 3 is 1.06 bits per heavy atom. The van der Waals surface area contributed by atoms with Crippen molar-refractivity contribution < 1.29 is 0 Å². The van der Waals surface area contributed by atoms with Gasteiger partial charge in [0.15, 0.2) is 0 Å². The van der Waals surface area contributed by atoms with Gasteiger partial charge in [-0.1, -0.05) is 122 Å². The van der Waals surface area contributed by atoms with Gasteiger partial charge in [0, 0.05) is 0 Å². The van der Waals surface area contributed by atoms with Crippen LogP contribution in [-0.2, 0) is 0 Å². The lowest BCUT2D eigenvalue weighted by molar-refractivity contribution is 0.812. The predicted octanol–water partition coefficient (Wildman–Crippen LogP) is 7.43. The van der Waals surface area contributed by atoms with E-state index in [4.69, 9.17) is 46.4 Å². The summed E-state index contributed by atoms with van der Waals surface area (Å²) in [6.45, 7) is 6.97. The lowest BCUT2D eigenvalue weighted by atomic mass is 10.4. The Bertz CT molecular complexity index is 135. The fourth-order valence-corrected chi connectivity index (χ4v) is 5.73. The van der Waals surface area contributed by atoms with Crippen LogP contribution in [0.4, 0.5) is 0 Å². The zero-order chi connectivity index (χ0) is 14.4. The molecule has 0 radical (unpaired) electrons. The second kappa shape index (κ2) is 15.1. The Labute approximate surface area is 138 Å². The molecule has 0 rings (SSSR count). The van der Waals surface area contributed by atoms with Crippen molar-refractivity contribution in [2.75, 3.05) is 0 Å². The number of halogens is 4. The van der Waals surface area contributed by atoms with Crippen LogP contribution in [0.5, 0.6) is 0 Å². The number of hydrogen-bond acceptors (Lipinski definition) is 0. The van der Waals surface area contributed by atoms with Crippen LogP contribution in [0.3, 0.4) is 0 Å². The van der Waals surface area contributed by atoms with E-state index in [1.165, 1.54) is 38.5 Å². The zero-order valence-electron chi connectivity index (χ0n) is 12.0. The third-order valence-corrected chi connectivity index (χ3v) is 6.57. The molecule has 0 aromatic carbocycles. The summed E-state index contributed by atoms with van der Waals surface area (Å²) in [6, 6.07) is 0. The third-order valence-electron chi connectivity index (χ3n) is 2.90. The van der Waals surface area contributed by atoms with Gasteiger partial charge in [-0.05, 0) is 0 Å². The second-order valence-corrected chi connectivity index (χ2v) is 11.6. The molecule has 0 spiro atoms. The number of alkyl halides is 4. The molecule has 0 aliphatic heterocycles. The third kappa shape index (κ3) is 26.3. The highest BCUT2D eigenvalue weighted by molar-refractivity contribution is 6.83. The minimum absolute atomic E-state index is 0.287. The monoisotopic (exact) mass is 350 g/mol. The molecule has 5 heteroatoms. The molecule has 0 unspecified atom stereocenters. The average Bonchev–Trinajstić information content (AvgIpc) is 2.26. The summed E-state index contributed by atoms with van der Waals surface area (Å²) in [5.74, 6) is 0. The fraction of sp³-hybridized carbons (Fsp3) is 1.00. The van der Waals surface area contributed by atoms with Crippen molar-refractivity contribution in [3.05, 3.63) is 0 Å². The highest BCUT2D eigenvalue weighted by atomic mass is 35.6. The highest BCUT2D eigenvalue weighted by Gasteiger charge is 2.14. The van der Waals surface area contributed by atoms with Crippen LogP contribution in [0.2, 0.25) is 15.8 Å². The Kier molecular flexibility index (Phi) is 18.4. The van der Waals surface area contributed by atoms with Gasteiger partial charge in [0.2, 0.25) is 0 Å². The normalized spacial score (nSPS) is 10.8. The maximum absolute atomic E-state index is 4.83. The standard InChI is InChI=1S/3C4H9.CCl4.Al/c3*1-3-4-2;2-1(3,4)5;/h3*1,3-4H2,2H3;;. The minimum atomic E-state index is -1.61. The van der Waals surface area contributed by atoms with Gasteiger partial charge in [-0.3, -0.25) is 0 Å². The zero-order valence-corrected chi connectivity index (χ0v) is 16.1. The van der Waals surface area contributed by atoms with Crippen LogP contribution in [0.15, 0.2) is 0 Å². The summed E-state index contributed by atoms with van der Waals surface area (Å²) in [6.07, 6.45) is 8.73. The molecule has 18 heavy (non-hydrogen) atoms. The number of rotatable bonds is 9. The molecule has 0 amide bonds. The predicted molar refractivity (Wildman–Crippen MR) is 91.0 cm³/mol. The largest absolute Gasteiger partial charge is 0.266 e. The van der Waals surface area contributed by atoms with Crippen LogP contribution in [0, 0.1) is 0 Å². The Hall–Kier alpha value is 1.69. The van der Waals surface area contributed by atoms with E-state index in [1.807, 2.05) is 0 Å². The minimum Gasteiger partial charge on any atom is -0.0939 e. The fourth-order valence-electron chi connectivity index (χ4n) is 1.91. The highest BCUT2D eigenvalue weighted by Crippen LogP contribution is 2.29. The first-order valence-electron chi connectivity index (χ1n) is 7.10. The van der Waals surface area contributed by atoms with Gasteiger partial charge in [-0.2, -0.15) is 0 Å². The molecule has 0 N–H and O–H groups in total. The van der Waals surface area contributed by atoms with Crippen LogP contribution < -0.4 is 0 Å². The van der Waals surface area contributed by atoms with Crippen LogP contribution >= 0.6 is 46.4 Å². The van der Waals surface area contributed by atoms with Gasteiger partial charge < -0.3 is 0 Å². The lowest BCUT2D eigenvalue weighted by Gasteiger charge is -2.09. The van der Waals surface area contributed by atoms with Crippen molar-refractivity contribution in [1.82, 2.24) is 0 Å². The Morgan fingerprint density at radius 1 is 0.667 bits per heavy atom. The summed E-state index contributed by atoms with van der Waals surface area (Å²) in [5, 5.41) is 4.86. The van der Waals surface area contributed by atoms with E-state index in [2.05, 4.69) is 20.8 Å². The molecule has 0 atom stereocenters. The van der Waals surface area contributed by atoms with E-state index in [0.29, 0.717) is 0 Å². The lowest BCUT2D eigenvalue weighted by Crippen LogP contribution is -2.11. The average molecular weight is 352 g/mol. The molecule has 0 aromatic heterocycles. The molecule has 0 nitrogen and oxygen atoms in total. The van der Waals surface area contributed by atoms with Crippen LogP contribution in [-0.4, -0.2) is 17.4 Å². The quantitative estimate of drug-likeness (QED) is 0.299. The molecule has 0 bridgehead atoms. The van der Waals surface area contributed by atoms with Gasteiger partial charge in [-0.15, -0.1) is 0 Å². The van der Waals surface area contributed by atoms with Gasteiger partial charge >= 0.3 is 0 Å². The first-order valence-corrected chi connectivity index (χ1v) is 11.1. The Morgan fingerprint density at radius 2 is 0.889 bits per heavy atom. The summed E-state index contributed by atoms with van der Waals surface area (Å²) < 4.78 is -1.61. The van der Waals surface area contributed by atoms with E-state index in [9.17, 15) is 0 Å². The van der Waals surface area contributed by atoms with E-state index in [0.717, 1.165) is 0 Å².